The molecule has 0 bridgehead atoms. The van der Waals surface area contributed by atoms with Crippen LogP contribution in [0.3, 0.4) is 0 Å². The van der Waals surface area contributed by atoms with Crippen LogP contribution in [0.2, 0.25) is 5.02 Å². The van der Waals surface area contributed by atoms with Crippen LogP contribution in [0.5, 0.6) is 0 Å². The molecule has 18 heavy (non-hydrogen) atoms. The van der Waals surface area contributed by atoms with E-state index in [1.165, 1.54) is 25.7 Å². The highest BCUT2D eigenvalue weighted by molar-refractivity contribution is 6.30. The monoisotopic (exact) mass is 267 g/mol. The van der Waals surface area contributed by atoms with E-state index in [2.05, 4.69) is 5.32 Å². The predicted molar refractivity (Wildman–Crippen MR) is 75.7 cm³/mol. The van der Waals surface area contributed by atoms with Crippen LogP contribution in [0.15, 0.2) is 24.3 Å². The molecule has 1 aliphatic carbocycles. The molecule has 1 fully saturated rings. The maximum atomic E-state index is 9.95. The number of benzene rings is 1. The second-order valence-electron chi connectivity index (χ2n) is 5.30. The molecule has 1 atom stereocenters. The van der Waals surface area contributed by atoms with Gasteiger partial charge in [-0.2, -0.15) is 0 Å². The zero-order chi connectivity index (χ0) is 12.8. The fourth-order valence-corrected chi connectivity index (χ4v) is 2.96. The van der Waals surface area contributed by atoms with E-state index in [1.54, 1.807) is 0 Å². The summed E-state index contributed by atoms with van der Waals surface area (Å²) < 4.78 is 0. The largest absolute Gasteiger partial charge is 0.392 e. The van der Waals surface area contributed by atoms with Crippen LogP contribution in [0.4, 0.5) is 0 Å². The van der Waals surface area contributed by atoms with E-state index in [0.29, 0.717) is 6.54 Å². The van der Waals surface area contributed by atoms with Crippen LogP contribution in [-0.2, 0) is 6.54 Å². The molecule has 0 radical (unpaired) electrons. The first-order valence-electron chi connectivity index (χ1n) is 6.87. The van der Waals surface area contributed by atoms with Gasteiger partial charge in [0.25, 0.3) is 0 Å². The first-order valence-corrected chi connectivity index (χ1v) is 7.25. The van der Waals surface area contributed by atoms with E-state index in [0.717, 1.165) is 29.5 Å². The maximum absolute atomic E-state index is 9.95. The number of aliphatic hydroxyl groups is 1. The molecular formula is C15H22ClNO. The van der Waals surface area contributed by atoms with E-state index in [1.807, 2.05) is 24.3 Å². The molecule has 0 heterocycles. The number of hydrogen-bond donors (Lipinski definition) is 2. The average molecular weight is 268 g/mol. The van der Waals surface area contributed by atoms with Gasteiger partial charge in [-0.05, 0) is 30.0 Å². The fourth-order valence-electron chi connectivity index (χ4n) is 2.74. The quantitative estimate of drug-likeness (QED) is 0.828. The second-order valence-corrected chi connectivity index (χ2v) is 5.74. The van der Waals surface area contributed by atoms with Crippen molar-refractivity contribution in [2.24, 2.45) is 5.92 Å². The molecule has 100 valence electrons. The Balaban J connectivity index is 1.65. The minimum atomic E-state index is -0.215. The van der Waals surface area contributed by atoms with Gasteiger partial charge in [-0.1, -0.05) is 49.4 Å². The Morgan fingerprint density at radius 2 is 2.11 bits per heavy atom. The average Bonchev–Trinajstić information content (AvgIpc) is 2.82. The molecule has 0 amide bonds. The third-order valence-corrected chi connectivity index (χ3v) is 3.91. The molecule has 0 aromatic heterocycles. The summed E-state index contributed by atoms with van der Waals surface area (Å²) in [6, 6.07) is 7.83. The minimum absolute atomic E-state index is 0.215. The normalized spacial score (nSPS) is 18.1. The first kappa shape index (κ1) is 13.9. The molecule has 1 unspecified atom stereocenters. The van der Waals surface area contributed by atoms with Crippen molar-refractivity contribution in [1.82, 2.24) is 5.32 Å². The summed E-state index contributed by atoms with van der Waals surface area (Å²) in [5.74, 6) is 0.743. The lowest BCUT2D eigenvalue weighted by atomic mass is 10.00. The second kappa shape index (κ2) is 7.13. The van der Waals surface area contributed by atoms with Crippen LogP contribution in [0, 0.1) is 5.92 Å². The van der Waals surface area contributed by atoms with Gasteiger partial charge in [0, 0.05) is 18.1 Å². The zero-order valence-corrected chi connectivity index (χ0v) is 11.5. The van der Waals surface area contributed by atoms with E-state index in [9.17, 15) is 5.11 Å². The Morgan fingerprint density at radius 3 is 2.83 bits per heavy atom. The van der Waals surface area contributed by atoms with Crippen molar-refractivity contribution in [1.29, 1.82) is 0 Å². The Labute approximate surface area is 114 Å². The molecule has 1 saturated carbocycles. The minimum Gasteiger partial charge on any atom is -0.392 e. The van der Waals surface area contributed by atoms with Crippen LogP contribution >= 0.6 is 11.6 Å². The van der Waals surface area contributed by atoms with Crippen molar-refractivity contribution in [2.75, 3.05) is 6.54 Å². The number of hydrogen-bond acceptors (Lipinski definition) is 2. The molecule has 3 heteroatoms. The zero-order valence-electron chi connectivity index (χ0n) is 10.7. The van der Waals surface area contributed by atoms with Gasteiger partial charge < -0.3 is 10.4 Å². The maximum Gasteiger partial charge on any atom is 0.0667 e. The van der Waals surface area contributed by atoms with Crippen molar-refractivity contribution in [3.63, 3.8) is 0 Å². The van der Waals surface area contributed by atoms with Crippen molar-refractivity contribution in [3.8, 4) is 0 Å². The van der Waals surface area contributed by atoms with Crippen molar-refractivity contribution in [2.45, 2.75) is 44.8 Å². The van der Waals surface area contributed by atoms with E-state index >= 15 is 0 Å². The molecule has 1 aromatic carbocycles. The van der Waals surface area contributed by atoms with Gasteiger partial charge in [-0.15, -0.1) is 0 Å². The SMILES string of the molecule is OC(CNCc1cccc(Cl)c1)CC1CCCC1. The number of nitrogens with one attached hydrogen (secondary N) is 1. The summed E-state index contributed by atoms with van der Waals surface area (Å²) in [5, 5.41) is 14.0. The lowest BCUT2D eigenvalue weighted by Gasteiger charge is -2.16. The van der Waals surface area contributed by atoms with Crippen LogP contribution in [0.25, 0.3) is 0 Å². The van der Waals surface area contributed by atoms with Gasteiger partial charge in [0.05, 0.1) is 6.10 Å². The number of aliphatic hydroxyl groups excluding tert-OH is 1. The Bertz CT molecular complexity index is 363. The molecular weight excluding hydrogens is 246 g/mol. The van der Waals surface area contributed by atoms with E-state index < -0.39 is 0 Å². The standard InChI is InChI=1S/C15H22ClNO/c16-14-7-3-6-13(8-14)10-17-11-15(18)9-12-4-1-2-5-12/h3,6-8,12,15,17-18H,1-2,4-5,9-11H2. The predicted octanol–water partition coefficient (Wildman–Crippen LogP) is 3.37. The fraction of sp³-hybridized carbons (Fsp3) is 0.600. The topological polar surface area (TPSA) is 32.3 Å². The lowest BCUT2D eigenvalue weighted by Crippen LogP contribution is -2.27. The summed E-state index contributed by atoms with van der Waals surface area (Å²) >= 11 is 5.92. The van der Waals surface area contributed by atoms with Crippen LogP contribution in [-0.4, -0.2) is 17.8 Å². The number of halogens is 1. The van der Waals surface area contributed by atoms with Crippen LogP contribution in [0.1, 0.15) is 37.7 Å². The number of rotatable bonds is 6. The summed E-state index contributed by atoms with van der Waals surface area (Å²) in [5.41, 5.74) is 1.16. The lowest BCUT2D eigenvalue weighted by molar-refractivity contribution is 0.140. The summed E-state index contributed by atoms with van der Waals surface area (Å²) in [6.07, 6.45) is 6.01. The van der Waals surface area contributed by atoms with E-state index in [-0.39, 0.29) is 6.10 Å². The molecule has 1 aromatic rings. The highest BCUT2D eigenvalue weighted by Gasteiger charge is 2.18. The molecule has 1 aliphatic rings. The molecule has 0 spiro atoms. The molecule has 0 saturated heterocycles. The van der Waals surface area contributed by atoms with Gasteiger partial charge >= 0.3 is 0 Å². The third kappa shape index (κ3) is 4.60. The van der Waals surface area contributed by atoms with Gasteiger partial charge in [-0.25, -0.2) is 0 Å². The first-order chi connectivity index (χ1) is 8.74. The van der Waals surface area contributed by atoms with Crippen molar-refractivity contribution in [3.05, 3.63) is 34.9 Å². The van der Waals surface area contributed by atoms with E-state index in [4.69, 9.17) is 11.6 Å². The van der Waals surface area contributed by atoms with Crippen molar-refractivity contribution < 1.29 is 5.11 Å². The van der Waals surface area contributed by atoms with Gasteiger partial charge in [-0.3, -0.25) is 0 Å². The Hall–Kier alpha value is -0.570. The van der Waals surface area contributed by atoms with Gasteiger partial charge in [0.1, 0.15) is 0 Å². The highest BCUT2D eigenvalue weighted by atomic mass is 35.5. The molecule has 2 nitrogen and oxygen atoms in total. The third-order valence-electron chi connectivity index (χ3n) is 3.68. The molecule has 2 rings (SSSR count). The smallest absolute Gasteiger partial charge is 0.0667 e. The van der Waals surface area contributed by atoms with Gasteiger partial charge in [0.15, 0.2) is 0 Å². The highest BCUT2D eigenvalue weighted by Crippen LogP contribution is 2.28. The van der Waals surface area contributed by atoms with Gasteiger partial charge in [0.2, 0.25) is 0 Å². The summed E-state index contributed by atoms with van der Waals surface area (Å²) in [4.78, 5) is 0. The van der Waals surface area contributed by atoms with Crippen molar-refractivity contribution >= 4 is 11.6 Å². The Kier molecular flexibility index (Phi) is 5.48. The Morgan fingerprint density at radius 1 is 1.33 bits per heavy atom. The molecule has 0 aliphatic heterocycles. The summed E-state index contributed by atoms with van der Waals surface area (Å²) in [7, 11) is 0. The van der Waals surface area contributed by atoms with Crippen LogP contribution < -0.4 is 5.32 Å². The molecule has 2 N–H and O–H groups in total. The summed E-state index contributed by atoms with van der Waals surface area (Å²) in [6.45, 7) is 1.44.